The summed E-state index contributed by atoms with van der Waals surface area (Å²) in [6.45, 7) is 2.32. The van der Waals surface area contributed by atoms with Gasteiger partial charge in [0.2, 0.25) is 5.91 Å². The molecule has 2 aliphatic carbocycles. The number of piperidine rings is 1. The number of imidazole rings is 1. The molecular formula is C35H41F2N7O3. The molecule has 4 aliphatic rings. The van der Waals surface area contributed by atoms with Crippen LogP contribution in [0, 0.1) is 11.8 Å². The second-order valence-corrected chi connectivity index (χ2v) is 14.1. The van der Waals surface area contributed by atoms with Crippen LogP contribution in [0.3, 0.4) is 0 Å². The molecule has 1 aromatic carbocycles. The van der Waals surface area contributed by atoms with Crippen molar-refractivity contribution >= 4 is 33.9 Å². The molecule has 5 atom stereocenters. The first-order valence-corrected chi connectivity index (χ1v) is 16.9. The number of nitrogens with zero attached hydrogens (tertiary/aromatic N) is 5. The van der Waals surface area contributed by atoms with E-state index in [-0.39, 0.29) is 54.3 Å². The number of pyridine rings is 1. The zero-order valence-corrected chi connectivity index (χ0v) is 26.8. The van der Waals surface area contributed by atoms with E-state index < -0.39 is 12.5 Å². The first kappa shape index (κ1) is 30.4. The number of amides is 2. The molecule has 3 N–H and O–H groups in total. The average molecular weight is 646 g/mol. The van der Waals surface area contributed by atoms with Gasteiger partial charge in [-0.1, -0.05) is 0 Å². The minimum atomic E-state index is -2.98. The minimum absolute atomic E-state index is 0.0254. The minimum Gasteiger partial charge on any atom is -0.380 e. The first-order chi connectivity index (χ1) is 22.6. The van der Waals surface area contributed by atoms with Gasteiger partial charge in [-0.2, -0.15) is 0 Å². The van der Waals surface area contributed by atoms with Gasteiger partial charge < -0.3 is 29.8 Å². The molecule has 10 nitrogen and oxygen atoms in total. The van der Waals surface area contributed by atoms with E-state index in [1.807, 2.05) is 37.3 Å². The lowest BCUT2D eigenvalue weighted by atomic mass is 10.0. The number of nitrogens with one attached hydrogen (secondary N) is 1. The molecule has 12 heteroatoms. The molecule has 3 fully saturated rings. The predicted octanol–water partition coefficient (Wildman–Crippen LogP) is 5.21. The zero-order chi connectivity index (χ0) is 32.6. The number of benzene rings is 1. The summed E-state index contributed by atoms with van der Waals surface area (Å²) < 4.78 is 40.8. The van der Waals surface area contributed by atoms with Gasteiger partial charge in [-0.15, -0.1) is 0 Å². The third-order valence-corrected chi connectivity index (χ3v) is 10.6. The fourth-order valence-corrected chi connectivity index (χ4v) is 7.68. The fraction of sp³-hybridized carbons (Fsp3) is 0.543. The smallest absolute Gasteiger partial charge is 0.265 e. The van der Waals surface area contributed by atoms with Gasteiger partial charge in [0.05, 0.1) is 41.1 Å². The molecule has 1 saturated heterocycles. The number of hydrogen-bond donors (Lipinski definition) is 2. The Labute approximate surface area is 271 Å². The Morgan fingerprint density at radius 2 is 1.94 bits per heavy atom. The first-order valence-electron chi connectivity index (χ1n) is 16.9. The Kier molecular flexibility index (Phi) is 7.36. The maximum atomic E-state index is 15.8. The number of ether oxygens (including phenoxy) is 1. The van der Waals surface area contributed by atoms with Gasteiger partial charge in [0.25, 0.3) is 11.8 Å². The van der Waals surface area contributed by atoms with E-state index in [1.54, 1.807) is 22.6 Å². The monoisotopic (exact) mass is 645 g/mol. The highest BCUT2D eigenvalue weighted by atomic mass is 19.3. The van der Waals surface area contributed by atoms with Crippen molar-refractivity contribution in [1.29, 1.82) is 0 Å². The largest absolute Gasteiger partial charge is 0.380 e. The van der Waals surface area contributed by atoms with Gasteiger partial charge in [0, 0.05) is 55.6 Å². The SMILES string of the molecule is CO[C@@H]1CCN(C(=O)c2ccc3c(c2)nc(-c2cc4ccc5nc4n2CC(F)(F)CCC[C@@H]2C[C@H]2C(=O)N[C@@H]5C)n3C2CC2)C[C@@H]1N. The predicted molar refractivity (Wildman–Crippen MR) is 173 cm³/mol. The molecule has 47 heavy (non-hydrogen) atoms. The number of aromatic nitrogens is 4. The Morgan fingerprint density at radius 1 is 1.11 bits per heavy atom. The third kappa shape index (κ3) is 5.58. The lowest BCUT2D eigenvalue weighted by molar-refractivity contribution is -0.123. The molecule has 248 valence electrons. The van der Waals surface area contributed by atoms with Crippen LogP contribution in [0.25, 0.3) is 33.6 Å². The molecule has 0 spiro atoms. The zero-order valence-electron chi connectivity index (χ0n) is 26.8. The lowest BCUT2D eigenvalue weighted by Crippen LogP contribution is -2.53. The molecule has 5 heterocycles. The van der Waals surface area contributed by atoms with Gasteiger partial charge in [-0.25, -0.2) is 18.7 Å². The summed E-state index contributed by atoms with van der Waals surface area (Å²) >= 11 is 0. The van der Waals surface area contributed by atoms with Crippen molar-refractivity contribution in [2.75, 3.05) is 20.2 Å². The van der Waals surface area contributed by atoms with Gasteiger partial charge in [0.15, 0.2) is 5.82 Å². The molecule has 4 aromatic rings. The number of halogens is 2. The number of carbonyl (C=O) groups is 2. The van der Waals surface area contributed by atoms with Crippen LogP contribution in [0.4, 0.5) is 8.78 Å². The molecule has 2 bridgehead atoms. The fourth-order valence-electron chi connectivity index (χ4n) is 7.68. The summed E-state index contributed by atoms with van der Waals surface area (Å²) in [5, 5.41) is 3.83. The van der Waals surface area contributed by atoms with Crippen LogP contribution in [-0.2, 0) is 16.1 Å². The van der Waals surface area contributed by atoms with E-state index in [2.05, 4.69) is 9.88 Å². The van der Waals surface area contributed by atoms with Crippen molar-refractivity contribution in [3.8, 4) is 11.5 Å². The van der Waals surface area contributed by atoms with Crippen molar-refractivity contribution in [3.05, 3.63) is 47.7 Å². The highest BCUT2D eigenvalue weighted by Gasteiger charge is 2.44. The molecule has 0 unspecified atom stereocenters. The van der Waals surface area contributed by atoms with Crippen molar-refractivity contribution in [1.82, 2.24) is 29.3 Å². The van der Waals surface area contributed by atoms with Crippen molar-refractivity contribution in [3.63, 3.8) is 0 Å². The van der Waals surface area contributed by atoms with Crippen molar-refractivity contribution in [2.24, 2.45) is 17.6 Å². The summed E-state index contributed by atoms with van der Waals surface area (Å²) in [6.07, 6.45) is 3.99. The van der Waals surface area contributed by atoms with E-state index in [9.17, 15) is 9.59 Å². The second-order valence-electron chi connectivity index (χ2n) is 14.1. The molecule has 3 aromatic heterocycles. The molecular weight excluding hydrogens is 604 g/mol. The number of likely N-dealkylation sites (tertiary alicyclic amines) is 1. The van der Waals surface area contributed by atoms with Crippen LogP contribution in [0.2, 0.25) is 0 Å². The van der Waals surface area contributed by atoms with Gasteiger partial charge in [0.1, 0.15) is 5.65 Å². The number of hydrogen-bond acceptors (Lipinski definition) is 6. The van der Waals surface area contributed by atoms with Crippen LogP contribution in [0.1, 0.15) is 80.0 Å². The maximum absolute atomic E-state index is 15.8. The summed E-state index contributed by atoms with van der Waals surface area (Å²) in [5.41, 5.74) is 9.94. The van der Waals surface area contributed by atoms with Crippen LogP contribution in [0.5, 0.6) is 0 Å². The van der Waals surface area contributed by atoms with Gasteiger partial charge in [-0.05, 0) is 87.8 Å². The molecule has 8 rings (SSSR count). The van der Waals surface area contributed by atoms with E-state index >= 15 is 8.78 Å². The number of alkyl halides is 2. The molecule has 0 radical (unpaired) electrons. The normalized spacial score (nSPS) is 27.9. The molecule has 2 saturated carbocycles. The number of carbonyl (C=O) groups excluding carboxylic acids is 2. The van der Waals surface area contributed by atoms with Gasteiger partial charge in [-0.3, -0.25) is 9.59 Å². The van der Waals surface area contributed by atoms with Crippen LogP contribution >= 0.6 is 0 Å². The third-order valence-electron chi connectivity index (χ3n) is 10.6. The maximum Gasteiger partial charge on any atom is 0.265 e. The summed E-state index contributed by atoms with van der Waals surface area (Å²) in [7, 11) is 1.64. The number of rotatable bonds is 4. The molecule has 2 aliphatic heterocycles. The highest BCUT2D eigenvalue weighted by Crippen LogP contribution is 2.45. The van der Waals surface area contributed by atoms with E-state index in [1.165, 1.54) is 0 Å². The van der Waals surface area contributed by atoms with E-state index in [4.69, 9.17) is 20.4 Å². The Morgan fingerprint density at radius 3 is 2.70 bits per heavy atom. The summed E-state index contributed by atoms with van der Waals surface area (Å²) in [4.78, 5) is 38.1. The highest BCUT2D eigenvalue weighted by molar-refractivity contribution is 5.98. The Hall–Kier alpha value is -3.90. The second kappa shape index (κ2) is 11.4. The molecule has 2 amide bonds. The van der Waals surface area contributed by atoms with Crippen LogP contribution < -0.4 is 11.1 Å². The van der Waals surface area contributed by atoms with Crippen molar-refractivity contribution < 1.29 is 23.1 Å². The number of fused-ring (bicyclic) bond motifs is 3. The topological polar surface area (TPSA) is 120 Å². The number of methoxy groups -OCH3 is 1. The summed E-state index contributed by atoms with van der Waals surface area (Å²) in [5.74, 6) is -2.46. The van der Waals surface area contributed by atoms with Crippen molar-refractivity contribution in [2.45, 2.75) is 88.6 Å². The van der Waals surface area contributed by atoms with E-state index in [0.717, 1.165) is 30.2 Å². The lowest BCUT2D eigenvalue weighted by Gasteiger charge is -2.35. The quantitative estimate of drug-likeness (QED) is 0.315. The Balaban J connectivity index is 1.21. The summed E-state index contributed by atoms with van der Waals surface area (Å²) in [6, 6.07) is 10.8. The standard InChI is InChI=1S/C35H41F2N7O3/c1-19-26-9-5-21-16-29(43(31(21)40-26)18-35(36,37)12-3-4-20-14-24(20)33(45)39-19)32-41-27-15-22(6-10-28(27)44(32)23-7-8-23)34(46)42-13-11-30(47-2)25(38)17-42/h5-6,9-10,15-16,19-20,23-25,30H,3-4,7-8,11-14,17-18,38H2,1-2H3,(H,39,45)/t19-,20-,24-,25+,30-/m1/s1. The van der Waals surface area contributed by atoms with Crippen LogP contribution in [0.15, 0.2) is 36.4 Å². The van der Waals surface area contributed by atoms with E-state index in [0.29, 0.717) is 66.3 Å². The average Bonchev–Trinajstić information content (AvgIpc) is 3.97. The number of nitrogens with two attached hydrogens (primary N) is 1. The van der Waals surface area contributed by atoms with Gasteiger partial charge >= 0.3 is 0 Å². The van der Waals surface area contributed by atoms with Crippen LogP contribution in [-0.4, -0.2) is 74.1 Å². The Bertz CT molecular complexity index is 1880.